The summed E-state index contributed by atoms with van der Waals surface area (Å²) in [6, 6.07) is 3.93. The van der Waals surface area contributed by atoms with Crippen molar-refractivity contribution >= 4 is 0 Å². The molecule has 0 bridgehead atoms. The maximum Gasteiger partial charge on any atom is 0.196 e. The van der Waals surface area contributed by atoms with Crippen molar-refractivity contribution in [2.45, 2.75) is 13.2 Å². The highest BCUT2D eigenvalue weighted by Crippen LogP contribution is 2.16. The SMILES string of the molecule is COC(C)Oc1cc(F)[c]c(F)c1. The molecule has 71 valence electrons. The third-order valence-corrected chi connectivity index (χ3v) is 1.41. The summed E-state index contributed by atoms with van der Waals surface area (Å²) in [4.78, 5) is 0. The quantitative estimate of drug-likeness (QED) is 0.675. The van der Waals surface area contributed by atoms with Crippen LogP contribution in [-0.4, -0.2) is 13.4 Å². The molecule has 0 aliphatic rings. The molecule has 1 radical (unpaired) electrons. The summed E-state index contributed by atoms with van der Waals surface area (Å²) < 4.78 is 34.9. The van der Waals surface area contributed by atoms with Gasteiger partial charge in [-0.15, -0.1) is 0 Å². The zero-order chi connectivity index (χ0) is 9.84. The average Bonchev–Trinajstić information content (AvgIpc) is 2.02. The van der Waals surface area contributed by atoms with Gasteiger partial charge >= 0.3 is 0 Å². The van der Waals surface area contributed by atoms with E-state index < -0.39 is 17.9 Å². The zero-order valence-electron chi connectivity index (χ0n) is 7.30. The zero-order valence-corrected chi connectivity index (χ0v) is 7.30. The van der Waals surface area contributed by atoms with E-state index in [9.17, 15) is 8.78 Å². The molecule has 0 N–H and O–H groups in total. The van der Waals surface area contributed by atoms with Gasteiger partial charge in [0.2, 0.25) is 0 Å². The molecule has 0 heterocycles. The van der Waals surface area contributed by atoms with Gasteiger partial charge in [0.05, 0.1) is 6.07 Å². The average molecular weight is 187 g/mol. The monoisotopic (exact) mass is 187 g/mol. The largest absolute Gasteiger partial charge is 0.465 e. The van der Waals surface area contributed by atoms with Crippen molar-refractivity contribution in [3.8, 4) is 5.75 Å². The molecule has 1 unspecified atom stereocenters. The molecule has 0 saturated carbocycles. The van der Waals surface area contributed by atoms with E-state index in [1.807, 2.05) is 6.07 Å². The van der Waals surface area contributed by atoms with E-state index in [0.717, 1.165) is 12.1 Å². The number of hydrogen-bond acceptors (Lipinski definition) is 2. The van der Waals surface area contributed by atoms with Crippen LogP contribution < -0.4 is 4.74 Å². The second-order valence-corrected chi connectivity index (χ2v) is 2.43. The van der Waals surface area contributed by atoms with Crippen molar-refractivity contribution in [2.24, 2.45) is 0 Å². The van der Waals surface area contributed by atoms with Gasteiger partial charge in [0, 0.05) is 19.2 Å². The van der Waals surface area contributed by atoms with Crippen LogP contribution in [0.3, 0.4) is 0 Å². The van der Waals surface area contributed by atoms with Gasteiger partial charge in [-0.05, 0) is 6.92 Å². The van der Waals surface area contributed by atoms with E-state index in [1.54, 1.807) is 6.92 Å². The molecule has 1 aromatic rings. The fourth-order valence-electron chi connectivity index (χ4n) is 0.786. The molecule has 0 spiro atoms. The van der Waals surface area contributed by atoms with Crippen molar-refractivity contribution in [3.63, 3.8) is 0 Å². The third-order valence-electron chi connectivity index (χ3n) is 1.41. The summed E-state index contributed by atoms with van der Waals surface area (Å²) in [5.41, 5.74) is 0. The Morgan fingerprint density at radius 2 is 1.85 bits per heavy atom. The summed E-state index contributed by atoms with van der Waals surface area (Å²) in [7, 11) is 1.44. The van der Waals surface area contributed by atoms with Crippen molar-refractivity contribution in [3.05, 3.63) is 29.8 Å². The lowest BCUT2D eigenvalue weighted by molar-refractivity contribution is -0.0385. The van der Waals surface area contributed by atoms with E-state index in [0.29, 0.717) is 0 Å². The van der Waals surface area contributed by atoms with Gasteiger partial charge in [-0.3, -0.25) is 0 Å². The van der Waals surface area contributed by atoms with Gasteiger partial charge in [-0.1, -0.05) is 0 Å². The molecule has 1 atom stereocenters. The molecule has 2 nitrogen and oxygen atoms in total. The highest BCUT2D eigenvalue weighted by molar-refractivity contribution is 5.22. The summed E-state index contributed by atoms with van der Waals surface area (Å²) in [5, 5.41) is 0. The first-order chi connectivity index (χ1) is 6.11. The van der Waals surface area contributed by atoms with E-state index in [-0.39, 0.29) is 5.75 Å². The third kappa shape index (κ3) is 2.99. The van der Waals surface area contributed by atoms with Crippen LogP contribution in [0.5, 0.6) is 5.75 Å². The number of methoxy groups -OCH3 is 1. The van der Waals surface area contributed by atoms with Gasteiger partial charge < -0.3 is 9.47 Å². The van der Waals surface area contributed by atoms with Crippen molar-refractivity contribution in [2.75, 3.05) is 7.11 Å². The van der Waals surface area contributed by atoms with Gasteiger partial charge in [0.15, 0.2) is 6.29 Å². The summed E-state index contributed by atoms with van der Waals surface area (Å²) in [5.74, 6) is -1.50. The number of halogens is 2. The molecule has 0 aliphatic heterocycles. The van der Waals surface area contributed by atoms with Crippen LogP contribution in [0.15, 0.2) is 12.1 Å². The normalized spacial score (nSPS) is 12.6. The van der Waals surface area contributed by atoms with Crippen molar-refractivity contribution in [1.82, 2.24) is 0 Å². The fraction of sp³-hybridized carbons (Fsp3) is 0.333. The van der Waals surface area contributed by atoms with Crippen LogP contribution in [-0.2, 0) is 4.74 Å². The van der Waals surface area contributed by atoms with Crippen molar-refractivity contribution in [1.29, 1.82) is 0 Å². The van der Waals surface area contributed by atoms with Crippen molar-refractivity contribution < 1.29 is 18.3 Å². The lowest BCUT2D eigenvalue weighted by atomic mass is 10.3. The minimum atomic E-state index is -0.793. The molecule has 1 aromatic carbocycles. The van der Waals surface area contributed by atoms with E-state index in [2.05, 4.69) is 0 Å². The number of benzene rings is 1. The lowest BCUT2D eigenvalue weighted by Crippen LogP contribution is -2.13. The topological polar surface area (TPSA) is 18.5 Å². The summed E-state index contributed by atoms with van der Waals surface area (Å²) in [6.07, 6.45) is -0.541. The molecule has 0 aliphatic carbocycles. The van der Waals surface area contributed by atoms with Gasteiger partial charge in [-0.2, -0.15) is 0 Å². The lowest BCUT2D eigenvalue weighted by Gasteiger charge is -2.12. The molecule has 0 aromatic heterocycles. The number of rotatable bonds is 3. The number of hydrogen-bond donors (Lipinski definition) is 0. The maximum absolute atomic E-state index is 12.6. The minimum Gasteiger partial charge on any atom is -0.465 e. The Kier molecular flexibility index (Phi) is 3.19. The van der Waals surface area contributed by atoms with Crippen LogP contribution in [0, 0.1) is 17.7 Å². The molecule has 1 rings (SSSR count). The predicted octanol–water partition coefficient (Wildman–Crippen LogP) is 2.14. The Morgan fingerprint density at radius 3 is 2.31 bits per heavy atom. The van der Waals surface area contributed by atoms with Gasteiger partial charge in [-0.25, -0.2) is 8.78 Å². The number of ether oxygens (including phenoxy) is 2. The van der Waals surface area contributed by atoms with E-state index in [4.69, 9.17) is 9.47 Å². The van der Waals surface area contributed by atoms with E-state index in [1.165, 1.54) is 7.11 Å². The molecule has 0 fully saturated rings. The Morgan fingerprint density at radius 1 is 1.31 bits per heavy atom. The Labute approximate surface area is 75.1 Å². The first-order valence-corrected chi connectivity index (χ1v) is 3.69. The second kappa shape index (κ2) is 4.18. The predicted molar refractivity (Wildman–Crippen MR) is 42.3 cm³/mol. The standard InChI is InChI=1S/C9H9F2O2/c1-6(12-2)13-9-4-7(10)3-8(11)5-9/h4-6H,1-2H3. The van der Waals surface area contributed by atoms with Gasteiger partial charge in [0.1, 0.15) is 17.4 Å². The maximum atomic E-state index is 12.6. The first kappa shape index (κ1) is 9.92. The molecular weight excluding hydrogens is 178 g/mol. The van der Waals surface area contributed by atoms with Crippen LogP contribution in [0.4, 0.5) is 8.78 Å². The molecule has 0 amide bonds. The fourth-order valence-corrected chi connectivity index (χ4v) is 0.786. The van der Waals surface area contributed by atoms with E-state index >= 15 is 0 Å². The Bertz CT molecular complexity index is 269. The molecule has 13 heavy (non-hydrogen) atoms. The first-order valence-electron chi connectivity index (χ1n) is 3.69. The Hall–Kier alpha value is -1.16. The second-order valence-electron chi connectivity index (χ2n) is 2.43. The van der Waals surface area contributed by atoms with Gasteiger partial charge in [0.25, 0.3) is 0 Å². The van der Waals surface area contributed by atoms with Crippen LogP contribution in [0.2, 0.25) is 0 Å². The minimum absolute atomic E-state index is 0.0862. The summed E-state index contributed by atoms with van der Waals surface area (Å²) in [6.45, 7) is 1.62. The molecule has 4 heteroatoms. The smallest absolute Gasteiger partial charge is 0.196 e. The van der Waals surface area contributed by atoms with Crippen LogP contribution in [0.25, 0.3) is 0 Å². The van der Waals surface area contributed by atoms with Crippen LogP contribution in [0.1, 0.15) is 6.92 Å². The Balaban J connectivity index is 2.77. The van der Waals surface area contributed by atoms with Crippen LogP contribution >= 0.6 is 0 Å². The molecular formula is C9H9F2O2. The highest BCUT2D eigenvalue weighted by atomic mass is 19.1. The highest BCUT2D eigenvalue weighted by Gasteiger charge is 2.05. The molecule has 0 saturated heterocycles. The summed E-state index contributed by atoms with van der Waals surface area (Å²) >= 11 is 0.